The predicted octanol–water partition coefficient (Wildman–Crippen LogP) is 3.98. The molecule has 0 aliphatic carbocycles. The number of nitrogens with zero attached hydrogens (tertiary/aromatic N) is 5. The van der Waals surface area contributed by atoms with E-state index in [0.29, 0.717) is 30.1 Å². The fourth-order valence-electron chi connectivity index (χ4n) is 4.41. The Morgan fingerprint density at radius 2 is 2.00 bits per heavy atom. The maximum atomic E-state index is 9.06. The summed E-state index contributed by atoms with van der Waals surface area (Å²) >= 11 is 1.53. The van der Waals surface area contributed by atoms with Crippen LogP contribution in [0.2, 0.25) is 0 Å². The van der Waals surface area contributed by atoms with E-state index in [0.717, 1.165) is 46.6 Å². The van der Waals surface area contributed by atoms with Crippen molar-refractivity contribution in [1.82, 2.24) is 14.9 Å². The summed E-state index contributed by atoms with van der Waals surface area (Å²) in [5, 5.41) is 9.06. The molecule has 7 nitrogen and oxygen atoms in total. The van der Waals surface area contributed by atoms with Gasteiger partial charge in [-0.3, -0.25) is 4.90 Å². The summed E-state index contributed by atoms with van der Waals surface area (Å²) in [6, 6.07) is 18.5. The Hall–Kier alpha value is -3.28. The van der Waals surface area contributed by atoms with Gasteiger partial charge in [-0.2, -0.15) is 10.2 Å². The fourth-order valence-corrected chi connectivity index (χ4v) is 5.23. The van der Waals surface area contributed by atoms with Gasteiger partial charge in [0.05, 0.1) is 29.8 Å². The summed E-state index contributed by atoms with van der Waals surface area (Å²) in [6.07, 6.45) is 3.00. The zero-order chi connectivity index (χ0) is 22.8. The average Bonchev–Trinajstić information content (AvgIpc) is 3.44. The van der Waals surface area contributed by atoms with E-state index in [4.69, 9.17) is 24.7 Å². The van der Waals surface area contributed by atoms with Crippen LogP contribution < -0.4 is 14.4 Å². The molecular weight excluding hydrogens is 434 g/mol. The van der Waals surface area contributed by atoms with Gasteiger partial charge in [0.2, 0.25) is 11.8 Å². The molecule has 2 aliphatic rings. The Morgan fingerprint density at radius 1 is 1.15 bits per heavy atom. The van der Waals surface area contributed by atoms with E-state index in [1.807, 2.05) is 54.7 Å². The fraction of sp³-hybridized carbons (Fsp3) is 0.320. The van der Waals surface area contributed by atoms with Crippen molar-refractivity contribution < 1.29 is 9.47 Å². The van der Waals surface area contributed by atoms with Crippen LogP contribution in [0, 0.1) is 11.3 Å². The predicted molar refractivity (Wildman–Crippen MR) is 127 cm³/mol. The second-order valence-electron chi connectivity index (χ2n) is 8.35. The Labute approximate surface area is 198 Å². The summed E-state index contributed by atoms with van der Waals surface area (Å²) in [7, 11) is 3.84. The number of likely N-dealkylation sites (N-methyl/N-ethyl adjacent to an activating group) is 1. The molecule has 2 atom stereocenters. The van der Waals surface area contributed by atoms with Crippen LogP contribution in [-0.4, -0.2) is 54.2 Å². The molecule has 1 aromatic heterocycles. The van der Waals surface area contributed by atoms with Crippen LogP contribution in [0.4, 0.5) is 5.95 Å². The maximum absolute atomic E-state index is 9.06. The summed E-state index contributed by atoms with van der Waals surface area (Å²) in [5.41, 5.74) is 1.64. The highest BCUT2D eigenvalue weighted by Gasteiger charge is 2.42. The molecule has 3 aromatic rings. The quantitative estimate of drug-likeness (QED) is 0.525. The Bertz CT molecular complexity index is 1180. The number of rotatable bonds is 7. The summed E-state index contributed by atoms with van der Waals surface area (Å²) < 4.78 is 11.6. The van der Waals surface area contributed by atoms with Crippen molar-refractivity contribution in [1.29, 1.82) is 5.26 Å². The first kappa shape index (κ1) is 21.6. The molecule has 2 fully saturated rings. The van der Waals surface area contributed by atoms with E-state index in [9.17, 15) is 0 Å². The first-order valence-corrected chi connectivity index (χ1v) is 11.7. The average molecular weight is 460 g/mol. The van der Waals surface area contributed by atoms with Crippen LogP contribution >= 0.6 is 11.8 Å². The van der Waals surface area contributed by atoms with E-state index in [2.05, 4.69) is 22.9 Å². The molecule has 168 valence electrons. The van der Waals surface area contributed by atoms with Crippen molar-refractivity contribution in [2.45, 2.75) is 34.9 Å². The number of nitriles is 1. The molecule has 0 N–H and O–H groups in total. The van der Waals surface area contributed by atoms with Crippen LogP contribution in [0.5, 0.6) is 11.6 Å². The van der Waals surface area contributed by atoms with Gasteiger partial charge in [0.15, 0.2) is 0 Å². The lowest BCUT2D eigenvalue weighted by Crippen LogP contribution is -2.45. The highest BCUT2D eigenvalue weighted by atomic mass is 32.2. The highest BCUT2D eigenvalue weighted by molar-refractivity contribution is 7.99. The second kappa shape index (κ2) is 9.30. The van der Waals surface area contributed by atoms with Crippen molar-refractivity contribution in [3.8, 4) is 17.7 Å². The van der Waals surface area contributed by atoms with E-state index in [-0.39, 0.29) is 0 Å². The van der Waals surface area contributed by atoms with Crippen molar-refractivity contribution in [3.05, 3.63) is 65.9 Å². The first-order valence-electron chi connectivity index (χ1n) is 10.9. The highest BCUT2D eigenvalue weighted by Crippen LogP contribution is 2.37. The molecule has 0 saturated carbocycles. The number of ether oxygens (including phenoxy) is 2. The molecule has 0 amide bonds. The standard InChI is InChI=1S/C25H25N5O2S/c1-29-14-20-11-19(29)15-30(20)25-27-13-23(33-22-8-6-17(12-26)7-9-22)24(28-25)32-16-18-4-3-5-21(10-18)31-2/h3-10,13,19-20H,11,14-16H2,1-2H3. The van der Waals surface area contributed by atoms with Gasteiger partial charge in [-0.25, -0.2) is 4.98 Å². The number of benzene rings is 2. The Kier molecular flexibility index (Phi) is 6.07. The van der Waals surface area contributed by atoms with Crippen molar-refractivity contribution >= 4 is 17.7 Å². The van der Waals surface area contributed by atoms with Crippen LogP contribution in [0.25, 0.3) is 0 Å². The number of piperazine rings is 1. The molecular formula is C25H25N5O2S. The third kappa shape index (κ3) is 4.61. The number of aromatic nitrogens is 2. The van der Waals surface area contributed by atoms with Crippen molar-refractivity contribution in [2.24, 2.45) is 0 Å². The lowest BCUT2D eigenvalue weighted by atomic mass is 10.2. The third-order valence-electron chi connectivity index (χ3n) is 6.20. The monoisotopic (exact) mass is 459 g/mol. The van der Waals surface area contributed by atoms with Gasteiger partial charge in [0.25, 0.3) is 0 Å². The number of methoxy groups -OCH3 is 1. The van der Waals surface area contributed by atoms with Gasteiger partial charge in [-0.1, -0.05) is 23.9 Å². The summed E-state index contributed by atoms with van der Waals surface area (Å²) in [6.45, 7) is 2.36. The molecule has 5 rings (SSSR count). The number of likely N-dealkylation sites (tertiary alicyclic amines) is 1. The molecule has 0 radical (unpaired) electrons. The Morgan fingerprint density at radius 3 is 2.70 bits per heavy atom. The number of anilines is 1. The van der Waals surface area contributed by atoms with Crippen molar-refractivity contribution in [2.75, 3.05) is 32.1 Å². The van der Waals surface area contributed by atoms with E-state index < -0.39 is 0 Å². The molecule has 2 bridgehead atoms. The Balaban J connectivity index is 1.40. The minimum atomic E-state index is 0.378. The molecule has 33 heavy (non-hydrogen) atoms. The molecule has 3 heterocycles. The zero-order valence-electron chi connectivity index (χ0n) is 18.6. The minimum absolute atomic E-state index is 0.378. The van der Waals surface area contributed by atoms with Gasteiger partial charge in [-0.15, -0.1) is 0 Å². The molecule has 2 saturated heterocycles. The van der Waals surface area contributed by atoms with Gasteiger partial charge in [0.1, 0.15) is 12.4 Å². The normalized spacial score (nSPS) is 19.5. The molecule has 2 aliphatic heterocycles. The van der Waals surface area contributed by atoms with Crippen LogP contribution in [0.3, 0.4) is 0 Å². The largest absolute Gasteiger partial charge is 0.497 e. The second-order valence-corrected chi connectivity index (χ2v) is 9.47. The van der Waals surface area contributed by atoms with Gasteiger partial charge in [0, 0.05) is 30.1 Å². The summed E-state index contributed by atoms with van der Waals surface area (Å²) in [5.74, 6) is 2.08. The van der Waals surface area contributed by atoms with E-state index >= 15 is 0 Å². The first-order chi connectivity index (χ1) is 16.1. The lowest BCUT2D eigenvalue weighted by Gasteiger charge is -2.32. The van der Waals surface area contributed by atoms with E-state index in [1.165, 1.54) is 11.8 Å². The lowest BCUT2D eigenvalue weighted by molar-refractivity contribution is 0.280. The topological polar surface area (TPSA) is 74.5 Å². The maximum Gasteiger partial charge on any atom is 0.232 e. The number of hydrogen-bond acceptors (Lipinski definition) is 8. The molecule has 2 unspecified atom stereocenters. The third-order valence-corrected chi connectivity index (χ3v) is 7.21. The van der Waals surface area contributed by atoms with Gasteiger partial charge < -0.3 is 14.4 Å². The van der Waals surface area contributed by atoms with Crippen LogP contribution in [0.15, 0.2) is 64.5 Å². The molecule has 0 spiro atoms. The van der Waals surface area contributed by atoms with Crippen molar-refractivity contribution in [3.63, 3.8) is 0 Å². The van der Waals surface area contributed by atoms with Crippen LogP contribution in [0.1, 0.15) is 17.5 Å². The minimum Gasteiger partial charge on any atom is -0.497 e. The number of hydrogen-bond donors (Lipinski definition) is 0. The van der Waals surface area contributed by atoms with Gasteiger partial charge >= 0.3 is 0 Å². The smallest absolute Gasteiger partial charge is 0.232 e. The zero-order valence-corrected chi connectivity index (χ0v) is 19.5. The molecule has 2 aromatic carbocycles. The van der Waals surface area contributed by atoms with E-state index in [1.54, 1.807) is 7.11 Å². The molecule has 8 heteroatoms. The summed E-state index contributed by atoms with van der Waals surface area (Å²) in [4.78, 5) is 16.1. The van der Waals surface area contributed by atoms with Crippen LogP contribution in [-0.2, 0) is 6.61 Å². The number of fused-ring (bicyclic) bond motifs is 2. The van der Waals surface area contributed by atoms with Gasteiger partial charge in [-0.05, 0) is 55.4 Å². The SMILES string of the molecule is COc1cccc(COc2nc(N3CC4CC3CN4C)ncc2Sc2ccc(C#N)cc2)c1.